The van der Waals surface area contributed by atoms with E-state index in [1.807, 2.05) is 0 Å². The molecule has 0 rings (SSSR count). The highest BCUT2D eigenvalue weighted by atomic mass is 16.5. The van der Waals surface area contributed by atoms with Crippen LogP contribution in [-0.2, 0) is 14.3 Å². The van der Waals surface area contributed by atoms with Gasteiger partial charge in [-0.25, -0.2) is 4.79 Å². The molecule has 0 aromatic rings. The molecule has 0 heterocycles. The van der Waals surface area contributed by atoms with Gasteiger partial charge in [0.15, 0.2) is 5.60 Å². The zero-order valence-electron chi connectivity index (χ0n) is 22.0. The second kappa shape index (κ2) is 22.7. The Kier molecular flexibility index (Phi) is 21.9. The first kappa shape index (κ1) is 31.9. The average Bonchev–Trinajstić information content (AvgIpc) is 2.79. The summed E-state index contributed by atoms with van der Waals surface area (Å²) < 4.78 is 5.64. The van der Waals surface area contributed by atoms with E-state index in [0.717, 1.165) is 38.5 Å². The maximum atomic E-state index is 12.1. The van der Waals surface area contributed by atoms with E-state index in [9.17, 15) is 14.7 Å². The number of carbonyl (C=O) groups is 2. The number of carbonyl (C=O) groups excluding carboxylic acids is 1. The molecular formula is C28H55NO4. The molecule has 3 N–H and O–H groups in total. The molecular weight excluding hydrogens is 414 g/mol. The Morgan fingerprint density at radius 3 is 1.18 bits per heavy atom. The predicted molar refractivity (Wildman–Crippen MR) is 138 cm³/mol. The maximum absolute atomic E-state index is 12.1. The van der Waals surface area contributed by atoms with Crippen molar-refractivity contribution >= 4 is 11.9 Å². The van der Waals surface area contributed by atoms with Crippen molar-refractivity contribution in [3.05, 3.63) is 0 Å². The largest absolute Gasteiger partial charge is 0.479 e. The van der Waals surface area contributed by atoms with Gasteiger partial charge in [-0.2, -0.15) is 0 Å². The fraction of sp³-hybridized carbons (Fsp3) is 0.929. The minimum absolute atomic E-state index is 0.318. The van der Waals surface area contributed by atoms with Crippen LogP contribution in [0.3, 0.4) is 0 Å². The van der Waals surface area contributed by atoms with E-state index in [2.05, 4.69) is 13.8 Å². The third-order valence-electron chi connectivity index (χ3n) is 6.75. The molecule has 0 aromatic heterocycles. The van der Waals surface area contributed by atoms with Crippen LogP contribution in [-0.4, -0.2) is 29.2 Å². The van der Waals surface area contributed by atoms with Crippen LogP contribution in [0, 0.1) is 0 Å². The van der Waals surface area contributed by atoms with Crippen molar-refractivity contribution < 1.29 is 19.4 Å². The summed E-state index contributed by atoms with van der Waals surface area (Å²) in [6, 6.07) is 0. The van der Waals surface area contributed by atoms with E-state index in [1.54, 1.807) is 0 Å². The van der Waals surface area contributed by atoms with Crippen LogP contribution in [0.25, 0.3) is 0 Å². The Hall–Kier alpha value is -1.10. The monoisotopic (exact) mass is 469 g/mol. The van der Waals surface area contributed by atoms with Crippen molar-refractivity contribution in [3.63, 3.8) is 0 Å². The molecule has 0 radical (unpaired) electrons. The lowest BCUT2D eigenvalue weighted by Gasteiger charge is -2.29. The van der Waals surface area contributed by atoms with Crippen LogP contribution < -0.4 is 5.73 Å². The molecule has 196 valence electrons. The normalized spacial score (nSPS) is 11.7. The second-order valence-corrected chi connectivity index (χ2v) is 9.92. The molecule has 0 saturated heterocycles. The van der Waals surface area contributed by atoms with Gasteiger partial charge in [-0.15, -0.1) is 0 Å². The van der Waals surface area contributed by atoms with Gasteiger partial charge in [0.05, 0.1) is 0 Å². The van der Waals surface area contributed by atoms with Crippen molar-refractivity contribution in [2.75, 3.05) is 6.61 Å². The van der Waals surface area contributed by atoms with E-state index in [-0.39, 0.29) is 6.61 Å². The van der Waals surface area contributed by atoms with Crippen molar-refractivity contribution in [3.8, 4) is 0 Å². The maximum Gasteiger partial charge on any atom is 0.335 e. The first-order valence-electron chi connectivity index (χ1n) is 14.1. The Balaban J connectivity index is 4.22. The highest BCUT2D eigenvalue weighted by Crippen LogP contribution is 2.28. The Morgan fingerprint density at radius 1 is 0.606 bits per heavy atom. The average molecular weight is 470 g/mol. The first-order valence-corrected chi connectivity index (χ1v) is 14.1. The zero-order chi connectivity index (χ0) is 24.6. The van der Waals surface area contributed by atoms with Gasteiger partial charge in [0, 0.05) is 0 Å². The van der Waals surface area contributed by atoms with E-state index in [1.165, 1.54) is 89.9 Å². The molecule has 5 heteroatoms. The number of nitrogens with two attached hydrogens (primary N) is 1. The van der Waals surface area contributed by atoms with Gasteiger partial charge in [-0.05, 0) is 25.7 Å². The molecule has 0 aromatic carbocycles. The summed E-state index contributed by atoms with van der Waals surface area (Å²) in [5.74, 6) is -1.55. The number of hydrogen-bond donors (Lipinski definition) is 2. The molecule has 33 heavy (non-hydrogen) atoms. The van der Waals surface area contributed by atoms with Crippen LogP contribution in [0.1, 0.15) is 155 Å². The van der Waals surface area contributed by atoms with Gasteiger partial charge < -0.3 is 15.6 Å². The molecule has 0 aliphatic rings. The summed E-state index contributed by atoms with van der Waals surface area (Å²) >= 11 is 0. The number of unbranched alkanes of at least 4 members (excludes halogenated alkanes) is 18. The molecule has 0 aliphatic carbocycles. The number of carboxylic acids is 1. The molecule has 0 saturated carbocycles. The lowest BCUT2D eigenvalue weighted by atomic mass is 9.89. The summed E-state index contributed by atoms with van der Waals surface area (Å²) in [5.41, 5.74) is 3.98. The number of rotatable bonds is 26. The van der Waals surface area contributed by atoms with E-state index >= 15 is 0 Å². The summed E-state index contributed by atoms with van der Waals surface area (Å²) in [7, 11) is 0. The third kappa shape index (κ3) is 19.0. The predicted octanol–water partition coefficient (Wildman–Crippen LogP) is 7.93. The lowest BCUT2D eigenvalue weighted by Crippen LogP contribution is -2.43. The van der Waals surface area contributed by atoms with Crippen LogP contribution in [0.2, 0.25) is 0 Å². The van der Waals surface area contributed by atoms with Gasteiger partial charge in [0.1, 0.15) is 6.61 Å². The van der Waals surface area contributed by atoms with Gasteiger partial charge >= 0.3 is 5.97 Å². The SMILES string of the molecule is CCCCCCCCCCCCC(CCCCCCCCCCCC)(OCC(N)=O)C(=O)O. The van der Waals surface area contributed by atoms with Crippen molar-refractivity contribution in [1.29, 1.82) is 0 Å². The zero-order valence-corrected chi connectivity index (χ0v) is 22.0. The molecule has 0 fully saturated rings. The third-order valence-corrected chi connectivity index (χ3v) is 6.75. The van der Waals surface area contributed by atoms with Gasteiger partial charge in [-0.3, -0.25) is 4.79 Å². The Labute approximate surface area is 204 Å². The molecule has 0 atom stereocenters. The van der Waals surface area contributed by atoms with Crippen LogP contribution in [0.15, 0.2) is 0 Å². The molecule has 0 aliphatic heterocycles. The second-order valence-electron chi connectivity index (χ2n) is 9.92. The highest BCUT2D eigenvalue weighted by molar-refractivity contribution is 5.79. The number of primary amides is 1. The fourth-order valence-corrected chi connectivity index (χ4v) is 4.55. The minimum atomic E-state index is -1.27. The Morgan fingerprint density at radius 2 is 0.909 bits per heavy atom. The number of aliphatic carboxylic acids is 1. The Bertz CT molecular complexity index is 443. The first-order chi connectivity index (χ1) is 16.0. The lowest BCUT2D eigenvalue weighted by molar-refractivity contribution is -0.170. The van der Waals surface area contributed by atoms with Crippen molar-refractivity contribution in [2.24, 2.45) is 5.73 Å². The molecule has 1 amide bonds. The summed E-state index contributed by atoms with van der Waals surface area (Å²) in [4.78, 5) is 23.4. The van der Waals surface area contributed by atoms with Gasteiger partial charge in [0.2, 0.25) is 5.91 Å². The van der Waals surface area contributed by atoms with E-state index in [0.29, 0.717) is 12.8 Å². The van der Waals surface area contributed by atoms with Crippen LogP contribution in [0.4, 0.5) is 0 Å². The number of hydrogen-bond acceptors (Lipinski definition) is 3. The molecule has 5 nitrogen and oxygen atoms in total. The molecule has 0 unspecified atom stereocenters. The smallest absolute Gasteiger partial charge is 0.335 e. The fourth-order valence-electron chi connectivity index (χ4n) is 4.55. The van der Waals surface area contributed by atoms with Crippen molar-refractivity contribution in [2.45, 2.75) is 161 Å². The number of ether oxygens (including phenoxy) is 1. The summed E-state index contributed by atoms with van der Waals surface area (Å²) in [5, 5.41) is 9.95. The van der Waals surface area contributed by atoms with Crippen molar-refractivity contribution in [1.82, 2.24) is 0 Å². The summed E-state index contributed by atoms with van der Waals surface area (Å²) in [6.07, 6.45) is 25.0. The van der Waals surface area contributed by atoms with Crippen LogP contribution >= 0.6 is 0 Å². The molecule has 0 bridgehead atoms. The highest BCUT2D eigenvalue weighted by Gasteiger charge is 2.39. The molecule has 0 spiro atoms. The number of carboxylic acid groups (broad SMARTS) is 1. The van der Waals surface area contributed by atoms with Gasteiger partial charge in [-0.1, -0.05) is 129 Å². The standard InChI is InChI=1S/C28H55NO4/c1-3-5-7-9-11-13-15-17-19-21-23-28(27(31)32,33-25-26(29)30)24-22-20-18-16-14-12-10-8-6-4-2/h3-25H2,1-2H3,(H2,29,30)(H,31,32). The van der Waals surface area contributed by atoms with Crippen LogP contribution in [0.5, 0.6) is 0 Å². The summed E-state index contributed by atoms with van der Waals surface area (Å²) in [6.45, 7) is 4.16. The van der Waals surface area contributed by atoms with E-state index < -0.39 is 17.5 Å². The van der Waals surface area contributed by atoms with Gasteiger partial charge in [0.25, 0.3) is 0 Å². The quantitative estimate of drug-likeness (QED) is 0.126. The minimum Gasteiger partial charge on any atom is -0.479 e. The topological polar surface area (TPSA) is 89.6 Å². The number of amides is 1. The van der Waals surface area contributed by atoms with E-state index in [4.69, 9.17) is 10.5 Å².